The van der Waals surface area contributed by atoms with Crippen molar-refractivity contribution in [3.8, 4) is 0 Å². The second-order valence-corrected chi connectivity index (χ2v) is 4.63. The van der Waals surface area contributed by atoms with Crippen LogP contribution < -0.4 is 5.73 Å². The molecule has 2 aromatic carbocycles. The highest BCUT2D eigenvalue weighted by Gasteiger charge is 2.14. The summed E-state index contributed by atoms with van der Waals surface area (Å²) in [5, 5.41) is 11.3. The molecular weight excluding hydrogens is 264 g/mol. The van der Waals surface area contributed by atoms with Gasteiger partial charge in [-0.25, -0.2) is 0 Å². The van der Waals surface area contributed by atoms with Gasteiger partial charge in [0.2, 0.25) is 0 Å². The average molecular weight is 277 g/mol. The van der Waals surface area contributed by atoms with Gasteiger partial charge in [-0.3, -0.25) is 10.1 Å². The highest BCUT2D eigenvalue weighted by molar-refractivity contribution is 6.30. The highest BCUT2D eigenvalue weighted by atomic mass is 35.5. The molecule has 0 heterocycles. The molecular formula is C14H13ClN2O2. The summed E-state index contributed by atoms with van der Waals surface area (Å²) in [4.78, 5) is 10.2. The van der Waals surface area contributed by atoms with Gasteiger partial charge in [-0.1, -0.05) is 35.9 Å². The summed E-state index contributed by atoms with van der Waals surface area (Å²) >= 11 is 5.97. The van der Waals surface area contributed by atoms with Crippen molar-refractivity contribution in [2.45, 2.75) is 5.92 Å². The van der Waals surface area contributed by atoms with Crippen LogP contribution in [0.1, 0.15) is 17.0 Å². The van der Waals surface area contributed by atoms with Crippen molar-refractivity contribution in [3.63, 3.8) is 0 Å². The zero-order chi connectivity index (χ0) is 13.8. The summed E-state index contributed by atoms with van der Waals surface area (Å²) in [6, 6.07) is 13.9. The van der Waals surface area contributed by atoms with Gasteiger partial charge in [0.05, 0.1) is 4.92 Å². The minimum absolute atomic E-state index is 0.0143. The van der Waals surface area contributed by atoms with Crippen LogP contribution >= 0.6 is 11.6 Å². The van der Waals surface area contributed by atoms with E-state index in [0.717, 1.165) is 11.1 Å². The van der Waals surface area contributed by atoms with Gasteiger partial charge in [0, 0.05) is 29.6 Å². The quantitative estimate of drug-likeness (QED) is 0.688. The average Bonchev–Trinajstić information content (AvgIpc) is 2.40. The van der Waals surface area contributed by atoms with Gasteiger partial charge in [-0.15, -0.1) is 0 Å². The number of hydrogen-bond donors (Lipinski definition) is 1. The first kappa shape index (κ1) is 13.5. The number of nitro benzene ring substituents is 1. The molecule has 0 aromatic heterocycles. The normalized spacial score (nSPS) is 12.1. The Morgan fingerprint density at radius 2 is 1.84 bits per heavy atom. The van der Waals surface area contributed by atoms with Crippen LogP contribution in [0.5, 0.6) is 0 Å². The van der Waals surface area contributed by atoms with Crippen LogP contribution in [0.4, 0.5) is 5.69 Å². The Bertz CT molecular complexity index is 584. The van der Waals surface area contributed by atoms with Crippen LogP contribution in [0.2, 0.25) is 5.02 Å². The summed E-state index contributed by atoms with van der Waals surface area (Å²) in [6.45, 7) is 0.415. The van der Waals surface area contributed by atoms with E-state index in [-0.39, 0.29) is 11.6 Å². The number of hydrogen-bond acceptors (Lipinski definition) is 3. The van der Waals surface area contributed by atoms with Crippen molar-refractivity contribution >= 4 is 17.3 Å². The molecule has 0 saturated carbocycles. The summed E-state index contributed by atoms with van der Waals surface area (Å²) in [7, 11) is 0. The van der Waals surface area contributed by atoms with E-state index in [1.165, 1.54) is 12.1 Å². The fraction of sp³-hybridized carbons (Fsp3) is 0.143. The van der Waals surface area contributed by atoms with Gasteiger partial charge < -0.3 is 5.73 Å². The van der Waals surface area contributed by atoms with E-state index in [1.54, 1.807) is 18.2 Å². The standard InChI is InChI=1S/C14H13ClN2O2/c15-12-3-1-2-11(8-12)14(9-16)10-4-6-13(7-5-10)17(18)19/h1-8,14H,9,16H2. The van der Waals surface area contributed by atoms with Crippen molar-refractivity contribution < 1.29 is 4.92 Å². The number of nitrogens with two attached hydrogens (primary N) is 1. The molecule has 0 aliphatic heterocycles. The summed E-state index contributed by atoms with van der Waals surface area (Å²) < 4.78 is 0. The van der Waals surface area contributed by atoms with E-state index in [4.69, 9.17) is 17.3 Å². The molecule has 0 bridgehead atoms. The lowest BCUT2D eigenvalue weighted by atomic mass is 9.91. The predicted octanol–water partition coefficient (Wildman–Crippen LogP) is 3.34. The summed E-state index contributed by atoms with van der Waals surface area (Å²) in [5.74, 6) is -0.0143. The number of non-ortho nitro benzene ring substituents is 1. The Kier molecular flexibility index (Phi) is 4.14. The maximum atomic E-state index is 10.6. The lowest BCUT2D eigenvalue weighted by Crippen LogP contribution is -2.13. The third kappa shape index (κ3) is 3.10. The maximum absolute atomic E-state index is 10.6. The first-order valence-electron chi connectivity index (χ1n) is 5.81. The Hall–Kier alpha value is -1.91. The number of nitro groups is 1. The van der Waals surface area contributed by atoms with Gasteiger partial charge in [-0.2, -0.15) is 0 Å². The molecule has 0 aliphatic rings. The van der Waals surface area contributed by atoms with E-state index in [9.17, 15) is 10.1 Å². The molecule has 0 fully saturated rings. The molecule has 2 rings (SSSR count). The SMILES string of the molecule is NCC(c1ccc([N+](=O)[O-])cc1)c1cccc(Cl)c1. The van der Waals surface area contributed by atoms with Crippen molar-refractivity contribution in [1.82, 2.24) is 0 Å². The van der Waals surface area contributed by atoms with Gasteiger partial charge in [0.15, 0.2) is 0 Å². The van der Waals surface area contributed by atoms with Gasteiger partial charge in [0.25, 0.3) is 5.69 Å². The van der Waals surface area contributed by atoms with Gasteiger partial charge >= 0.3 is 0 Å². The van der Waals surface area contributed by atoms with Crippen LogP contribution in [0.15, 0.2) is 48.5 Å². The molecule has 0 aliphatic carbocycles. The van der Waals surface area contributed by atoms with Crippen LogP contribution in [-0.4, -0.2) is 11.5 Å². The number of halogens is 1. The fourth-order valence-electron chi connectivity index (χ4n) is 2.02. The zero-order valence-electron chi connectivity index (χ0n) is 10.1. The summed E-state index contributed by atoms with van der Waals surface area (Å²) in [6.07, 6.45) is 0. The van der Waals surface area contributed by atoms with E-state index >= 15 is 0 Å². The fourth-order valence-corrected chi connectivity index (χ4v) is 2.22. The topological polar surface area (TPSA) is 69.2 Å². The van der Waals surface area contributed by atoms with E-state index in [0.29, 0.717) is 11.6 Å². The smallest absolute Gasteiger partial charge is 0.269 e. The lowest BCUT2D eigenvalue weighted by molar-refractivity contribution is -0.384. The Balaban J connectivity index is 2.34. The molecule has 2 aromatic rings. The Morgan fingerprint density at radius 3 is 2.37 bits per heavy atom. The Morgan fingerprint density at radius 1 is 1.16 bits per heavy atom. The van der Waals surface area contributed by atoms with E-state index < -0.39 is 4.92 Å². The molecule has 2 N–H and O–H groups in total. The molecule has 5 heteroatoms. The van der Waals surface area contributed by atoms with Crippen LogP contribution in [0, 0.1) is 10.1 Å². The molecule has 1 atom stereocenters. The second-order valence-electron chi connectivity index (χ2n) is 4.19. The zero-order valence-corrected chi connectivity index (χ0v) is 10.9. The second kappa shape index (κ2) is 5.82. The Labute approximate surface area is 116 Å². The number of nitrogens with zero attached hydrogens (tertiary/aromatic N) is 1. The molecule has 0 amide bonds. The molecule has 19 heavy (non-hydrogen) atoms. The van der Waals surface area contributed by atoms with Crippen molar-refractivity contribution in [3.05, 3.63) is 74.8 Å². The third-order valence-electron chi connectivity index (χ3n) is 2.99. The first-order valence-corrected chi connectivity index (χ1v) is 6.19. The van der Waals surface area contributed by atoms with Crippen molar-refractivity contribution in [2.24, 2.45) is 5.73 Å². The number of rotatable bonds is 4. The van der Waals surface area contributed by atoms with E-state index in [2.05, 4.69) is 0 Å². The summed E-state index contributed by atoms with van der Waals surface area (Å²) in [5.41, 5.74) is 7.83. The molecule has 0 spiro atoms. The van der Waals surface area contributed by atoms with Gasteiger partial charge in [0.1, 0.15) is 0 Å². The highest BCUT2D eigenvalue weighted by Crippen LogP contribution is 2.27. The first-order chi connectivity index (χ1) is 9.11. The van der Waals surface area contributed by atoms with Crippen molar-refractivity contribution in [2.75, 3.05) is 6.54 Å². The molecule has 98 valence electrons. The minimum atomic E-state index is -0.416. The largest absolute Gasteiger partial charge is 0.330 e. The third-order valence-corrected chi connectivity index (χ3v) is 3.23. The van der Waals surface area contributed by atoms with Crippen LogP contribution in [-0.2, 0) is 0 Å². The molecule has 1 unspecified atom stereocenters. The molecule has 0 saturated heterocycles. The maximum Gasteiger partial charge on any atom is 0.269 e. The predicted molar refractivity (Wildman–Crippen MR) is 75.4 cm³/mol. The van der Waals surface area contributed by atoms with Crippen molar-refractivity contribution in [1.29, 1.82) is 0 Å². The monoisotopic (exact) mass is 276 g/mol. The molecule has 0 radical (unpaired) electrons. The molecule has 4 nitrogen and oxygen atoms in total. The lowest BCUT2D eigenvalue weighted by Gasteiger charge is -2.15. The number of benzene rings is 2. The van der Waals surface area contributed by atoms with E-state index in [1.807, 2.05) is 18.2 Å². The van der Waals surface area contributed by atoms with Gasteiger partial charge in [-0.05, 0) is 23.3 Å². The minimum Gasteiger partial charge on any atom is -0.330 e. The van der Waals surface area contributed by atoms with Crippen LogP contribution in [0.3, 0.4) is 0 Å². The van der Waals surface area contributed by atoms with Crippen LogP contribution in [0.25, 0.3) is 0 Å².